The topological polar surface area (TPSA) is 37.5 Å². The van der Waals surface area contributed by atoms with Crippen LogP contribution in [0.1, 0.15) is 44.9 Å². The summed E-state index contributed by atoms with van der Waals surface area (Å²) in [5.74, 6) is 0. The number of hydrogen-bond acceptors (Lipinski definition) is 4. The SMILES string of the molecule is CN1CCN(C2(CNC3CCN(c4cccc(-c5cc6ccccc6[nH]5)c4)CC3)CCCCC2)CC1. The smallest absolute Gasteiger partial charge is 0.0465 e. The van der Waals surface area contributed by atoms with Crippen molar-refractivity contribution in [3.63, 3.8) is 0 Å². The molecule has 2 aliphatic heterocycles. The van der Waals surface area contributed by atoms with Gasteiger partial charge in [-0.15, -0.1) is 0 Å². The van der Waals surface area contributed by atoms with Crippen LogP contribution < -0.4 is 10.2 Å². The third kappa shape index (κ3) is 5.06. The van der Waals surface area contributed by atoms with Gasteiger partial charge in [0.05, 0.1) is 0 Å². The maximum atomic E-state index is 4.08. The molecule has 1 aliphatic carbocycles. The summed E-state index contributed by atoms with van der Waals surface area (Å²) in [6, 6.07) is 20.5. The number of aromatic amines is 1. The molecule has 5 heteroatoms. The fraction of sp³-hybridized carbons (Fsp3) is 0.548. The Morgan fingerprint density at radius 2 is 1.64 bits per heavy atom. The van der Waals surface area contributed by atoms with E-state index >= 15 is 0 Å². The number of nitrogens with zero attached hydrogens (tertiary/aromatic N) is 3. The second kappa shape index (κ2) is 10.6. The zero-order valence-electron chi connectivity index (χ0n) is 22.0. The van der Waals surface area contributed by atoms with E-state index < -0.39 is 0 Å². The lowest BCUT2D eigenvalue weighted by atomic mass is 9.79. The van der Waals surface area contributed by atoms with Crippen molar-refractivity contribution in [2.24, 2.45) is 0 Å². The molecule has 0 spiro atoms. The minimum Gasteiger partial charge on any atom is -0.371 e. The first kappa shape index (κ1) is 24.0. The molecule has 0 unspecified atom stereocenters. The molecule has 0 amide bonds. The quantitative estimate of drug-likeness (QED) is 0.494. The molecule has 6 rings (SSSR count). The Bertz CT molecular complexity index is 1100. The second-order valence-corrected chi connectivity index (χ2v) is 11.5. The van der Waals surface area contributed by atoms with Gasteiger partial charge in [-0.2, -0.15) is 0 Å². The Morgan fingerprint density at radius 1 is 0.861 bits per heavy atom. The Balaban J connectivity index is 1.07. The number of anilines is 1. The number of para-hydroxylation sites is 1. The normalized spacial score (nSPS) is 22.3. The number of rotatable bonds is 6. The average Bonchev–Trinajstić information content (AvgIpc) is 3.38. The van der Waals surface area contributed by atoms with E-state index in [2.05, 4.69) is 86.6 Å². The number of fused-ring (bicyclic) bond motifs is 1. The average molecular weight is 486 g/mol. The van der Waals surface area contributed by atoms with E-state index in [0.29, 0.717) is 11.6 Å². The van der Waals surface area contributed by atoms with Gasteiger partial charge in [0.1, 0.15) is 0 Å². The van der Waals surface area contributed by atoms with Crippen LogP contribution in [0.25, 0.3) is 22.2 Å². The van der Waals surface area contributed by atoms with Gasteiger partial charge in [-0.1, -0.05) is 49.6 Å². The third-order valence-electron chi connectivity index (χ3n) is 9.23. The summed E-state index contributed by atoms with van der Waals surface area (Å²) in [5.41, 5.74) is 5.43. The van der Waals surface area contributed by atoms with Gasteiger partial charge >= 0.3 is 0 Å². The lowest BCUT2D eigenvalue weighted by Crippen LogP contribution is -2.62. The zero-order valence-corrected chi connectivity index (χ0v) is 22.0. The molecular formula is C31H43N5. The van der Waals surface area contributed by atoms with Crippen LogP contribution in [0, 0.1) is 0 Å². The molecule has 1 aromatic heterocycles. The number of nitrogens with one attached hydrogen (secondary N) is 2. The molecular weight excluding hydrogens is 442 g/mol. The first-order chi connectivity index (χ1) is 17.7. The fourth-order valence-electron chi connectivity index (χ4n) is 6.87. The molecule has 3 aromatic rings. The van der Waals surface area contributed by atoms with E-state index in [1.54, 1.807) is 0 Å². The number of piperidine rings is 1. The number of aromatic nitrogens is 1. The molecule has 0 radical (unpaired) electrons. The summed E-state index contributed by atoms with van der Waals surface area (Å²) in [6.07, 6.45) is 9.45. The van der Waals surface area contributed by atoms with E-state index in [1.165, 1.54) is 106 Å². The first-order valence-corrected chi connectivity index (χ1v) is 14.3. The third-order valence-corrected chi connectivity index (χ3v) is 9.23. The van der Waals surface area contributed by atoms with E-state index in [9.17, 15) is 0 Å². The molecule has 2 saturated heterocycles. The van der Waals surface area contributed by atoms with Gasteiger partial charge in [0.15, 0.2) is 0 Å². The van der Waals surface area contributed by atoms with Crippen LogP contribution in [0.2, 0.25) is 0 Å². The van der Waals surface area contributed by atoms with Crippen molar-refractivity contribution in [3.8, 4) is 11.3 Å². The fourth-order valence-corrected chi connectivity index (χ4v) is 6.87. The van der Waals surface area contributed by atoms with Crippen molar-refractivity contribution in [3.05, 3.63) is 54.6 Å². The van der Waals surface area contributed by atoms with E-state index in [4.69, 9.17) is 0 Å². The number of likely N-dealkylation sites (N-methyl/N-ethyl adjacent to an activating group) is 1. The highest BCUT2D eigenvalue weighted by Gasteiger charge is 2.39. The molecule has 0 atom stereocenters. The Morgan fingerprint density at radius 3 is 2.42 bits per heavy atom. The van der Waals surface area contributed by atoms with Gasteiger partial charge in [0.2, 0.25) is 0 Å². The molecule has 2 N–H and O–H groups in total. The van der Waals surface area contributed by atoms with Gasteiger partial charge in [-0.05, 0) is 62.6 Å². The highest BCUT2D eigenvalue weighted by atomic mass is 15.3. The molecule has 1 saturated carbocycles. The summed E-state index contributed by atoms with van der Waals surface area (Å²) < 4.78 is 0. The van der Waals surface area contributed by atoms with Crippen molar-refractivity contribution >= 4 is 16.6 Å². The predicted molar refractivity (Wildman–Crippen MR) is 152 cm³/mol. The van der Waals surface area contributed by atoms with Gasteiger partial charge in [0, 0.05) is 79.7 Å². The minimum atomic E-state index is 0.393. The summed E-state index contributed by atoms with van der Waals surface area (Å²) >= 11 is 0. The van der Waals surface area contributed by atoms with Gasteiger partial charge in [-0.25, -0.2) is 0 Å². The van der Waals surface area contributed by atoms with Crippen LogP contribution in [0.5, 0.6) is 0 Å². The van der Waals surface area contributed by atoms with Gasteiger partial charge < -0.3 is 20.1 Å². The zero-order chi connectivity index (χ0) is 24.4. The maximum absolute atomic E-state index is 4.08. The van der Waals surface area contributed by atoms with Crippen LogP contribution in [0.15, 0.2) is 54.6 Å². The number of H-pyrrole nitrogens is 1. The second-order valence-electron chi connectivity index (χ2n) is 11.5. The largest absolute Gasteiger partial charge is 0.371 e. The highest BCUT2D eigenvalue weighted by molar-refractivity contribution is 5.86. The number of hydrogen-bond donors (Lipinski definition) is 2. The summed E-state index contributed by atoms with van der Waals surface area (Å²) in [5, 5.41) is 5.35. The van der Waals surface area contributed by atoms with Crippen molar-refractivity contribution in [1.29, 1.82) is 0 Å². The van der Waals surface area contributed by atoms with E-state index in [1.807, 2.05) is 0 Å². The first-order valence-electron chi connectivity index (χ1n) is 14.3. The predicted octanol–water partition coefficient (Wildman–Crippen LogP) is 5.34. The van der Waals surface area contributed by atoms with Crippen molar-refractivity contribution in [1.82, 2.24) is 20.1 Å². The van der Waals surface area contributed by atoms with E-state index in [0.717, 1.165) is 13.1 Å². The van der Waals surface area contributed by atoms with Crippen LogP contribution in [0.4, 0.5) is 5.69 Å². The molecule has 2 aromatic carbocycles. The Kier molecular flexibility index (Phi) is 7.05. The lowest BCUT2D eigenvalue weighted by molar-refractivity contribution is 0.0116. The molecule has 3 heterocycles. The minimum absolute atomic E-state index is 0.393. The maximum Gasteiger partial charge on any atom is 0.0465 e. The monoisotopic (exact) mass is 485 g/mol. The van der Waals surface area contributed by atoms with Crippen molar-refractivity contribution in [2.45, 2.75) is 56.5 Å². The van der Waals surface area contributed by atoms with Gasteiger partial charge in [-0.3, -0.25) is 4.90 Å². The molecule has 3 fully saturated rings. The standard InChI is InChI=1S/C31H43N5/c1-34-18-20-36(21-19-34)31(14-5-2-6-15-31)24-32-27-12-16-35(17-13-27)28-10-7-9-25(22-28)30-23-26-8-3-4-11-29(26)33-30/h3-4,7-11,22-23,27,32-33H,2,5-6,12-21,24H2,1H3. The Hall–Kier alpha value is -2.34. The molecule has 192 valence electrons. The molecule has 0 bridgehead atoms. The number of piperazine rings is 1. The lowest BCUT2D eigenvalue weighted by Gasteiger charge is -2.50. The van der Waals surface area contributed by atoms with Crippen LogP contribution in [0.3, 0.4) is 0 Å². The number of benzene rings is 2. The van der Waals surface area contributed by atoms with E-state index in [-0.39, 0.29) is 0 Å². The van der Waals surface area contributed by atoms with Crippen molar-refractivity contribution in [2.75, 3.05) is 57.8 Å². The van der Waals surface area contributed by atoms with Crippen molar-refractivity contribution < 1.29 is 0 Å². The highest BCUT2D eigenvalue weighted by Crippen LogP contribution is 2.35. The Labute approximate surface area is 216 Å². The molecule has 3 aliphatic rings. The molecule has 36 heavy (non-hydrogen) atoms. The van der Waals surface area contributed by atoms with Crippen LogP contribution >= 0.6 is 0 Å². The summed E-state index contributed by atoms with van der Waals surface area (Å²) in [4.78, 5) is 11.5. The summed E-state index contributed by atoms with van der Waals surface area (Å²) in [6.45, 7) is 8.37. The van der Waals surface area contributed by atoms with Gasteiger partial charge in [0.25, 0.3) is 0 Å². The molecule has 5 nitrogen and oxygen atoms in total. The van der Waals surface area contributed by atoms with Crippen LogP contribution in [-0.2, 0) is 0 Å². The van der Waals surface area contributed by atoms with Crippen LogP contribution in [-0.4, -0.2) is 79.2 Å². The summed E-state index contributed by atoms with van der Waals surface area (Å²) in [7, 11) is 2.27.